The molecule has 2 aliphatic rings. The van der Waals surface area contributed by atoms with Gasteiger partial charge >= 0.3 is 0 Å². The molecule has 2 aliphatic heterocycles. The second-order valence-corrected chi connectivity index (χ2v) is 8.97. The number of piperidine rings is 1. The van der Waals surface area contributed by atoms with E-state index in [-0.39, 0.29) is 5.78 Å². The minimum Gasteiger partial charge on any atom is -0.379 e. The number of anilines is 1. The van der Waals surface area contributed by atoms with Crippen molar-refractivity contribution in [2.24, 2.45) is 0 Å². The lowest BCUT2D eigenvalue weighted by Crippen LogP contribution is -2.49. The van der Waals surface area contributed by atoms with Crippen LogP contribution in [0, 0.1) is 11.3 Å². The number of nitriles is 1. The Morgan fingerprint density at radius 1 is 1.12 bits per heavy atom. The van der Waals surface area contributed by atoms with E-state index in [4.69, 9.17) is 10.00 Å². The van der Waals surface area contributed by atoms with Gasteiger partial charge in [0, 0.05) is 66.1 Å². The molecule has 6 nitrogen and oxygen atoms in total. The largest absolute Gasteiger partial charge is 0.379 e. The number of morpholine rings is 1. The second-order valence-electron chi connectivity index (χ2n) is 8.97. The number of aromatic amines is 1. The summed E-state index contributed by atoms with van der Waals surface area (Å²) in [5.41, 5.74) is 5.23. The molecule has 1 aromatic heterocycles. The van der Waals surface area contributed by atoms with Crippen molar-refractivity contribution in [1.29, 1.82) is 5.26 Å². The Balaban J connectivity index is 1.33. The van der Waals surface area contributed by atoms with E-state index in [1.165, 1.54) is 24.1 Å². The Kier molecular flexibility index (Phi) is 6.17. The number of aromatic nitrogens is 1. The monoisotopic (exact) mass is 442 g/mol. The molecule has 0 saturated carbocycles. The smallest absolute Gasteiger partial charge is 0.195 e. The Bertz CT molecular complexity index is 1190. The van der Waals surface area contributed by atoms with Crippen molar-refractivity contribution in [3.63, 3.8) is 0 Å². The van der Waals surface area contributed by atoms with Gasteiger partial charge < -0.3 is 14.6 Å². The van der Waals surface area contributed by atoms with E-state index < -0.39 is 0 Å². The molecular formula is C27H30N4O2. The zero-order chi connectivity index (χ0) is 22.8. The molecule has 0 spiro atoms. The average Bonchev–Trinajstić information content (AvgIpc) is 3.31. The van der Waals surface area contributed by atoms with Gasteiger partial charge in [-0.05, 0) is 55.2 Å². The van der Waals surface area contributed by atoms with Crippen LogP contribution in [0.1, 0.15) is 46.8 Å². The minimum absolute atomic E-state index is 0.0123. The summed E-state index contributed by atoms with van der Waals surface area (Å²) in [4.78, 5) is 21.6. The number of nitrogens with one attached hydrogen (secondary N) is 1. The third-order valence-corrected chi connectivity index (χ3v) is 7.15. The summed E-state index contributed by atoms with van der Waals surface area (Å²) in [5, 5.41) is 9.97. The Morgan fingerprint density at radius 3 is 2.64 bits per heavy atom. The van der Waals surface area contributed by atoms with Gasteiger partial charge in [-0.25, -0.2) is 0 Å². The highest BCUT2D eigenvalue weighted by atomic mass is 16.5. The number of aryl methyl sites for hydroxylation is 1. The zero-order valence-corrected chi connectivity index (χ0v) is 19.1. The molecule has 2 aromatic carbocycles. The first-order chi connectivity index (χ1) is 16.2. The van der Waals surface area contributed by atoms with Gasteiger partial charge in [0.1, 0.15) is 0 Å². The fourth-order valence-corrected chi connectivity index (χ4v) is 5.27. The molecule has 0 aliphatic carbocycles. The summed E-state index contributed by atoms with van der Waals surface area (Å²) < 4.78 is 5.51. The SMILES string of the molecule is CCc1cc(C(=O)c2c[nH]c3cc(C#N)ccc23)ccc1N1CCC(N2CCOCC2)CC1. The van der Waals surface area contributed by atoms with Gasteiger partial charge in [0.2, 0.25) is 0 Å². The molecule has 2 saturated heterocycles. The standard InChI is InChI=1S/C27H30N4O2/c1-2-20-16-21(27(32)24-18-29-25-15-19(17-28)3-5-23(24)25)4-6-26(20)31-9-7-22(8-10-31)30-11-13-33-14-12-30/h3-6,15-16,18,22,29H,2,7-14H2,1H3. The zero-order valence-electron chi connectivity index (χ0n) is 19.1. The van der Waals surface area contributed by atoms with E-state index in [1.807, 2.05) is 12.1 Å². The summed E-state index contributed by atoms with van der Waals surface area (Å²) in [7, 11) is 0. The van der Waals surface area contributed by atoms with Crippen LogP contribution < -0.4 is 4.90 Å². The van der Waals surface area contributed by atoms with Crippen LogP contribution in [0.2, 0.25) is 0 Å². The number of hydrogen-bond donors (Lipinski definition) is 1. The highest BCUT2D eigenvalue weighted by Gasteiger charge is 2.27. The first-order valence-corrected chi connectivity index (χ1v) is 11.9. The molecule has 3 aromatic rings. The third kappa shape index (κ3) is 4.27. The van der Waals surface area contributed by atoms with Crippen molar-refractivity contribution in [2.75, 3.05) is 44.3 Å². The van der Waals surface area contributed by atoms with E-state index in [0.717, 1.165) is 56.7 Å². The van der Waals surface area contributed by atoms with E-state index in [2.05, 4.69) is 39.9 Å². The van der Waals surface area contributed by atoms with Crippen LogP contribution in [-0.2, 0) is 11.2 Å². The lowest BCUT2D eigenvalue weighted by Gasteiger charge is -2.41. The highest BCUT2D eigenvalue weighted by Crippen LogP contribution is 2.29. The van der Waals surface area contributed by atoms with Crippen LogP contribution in [0.25, 0.3) is 10.9 Å². The van der Waals surface area contributed by atoms with Crippen LogP contribution in [0.15, 0.2) is 42.6 Å². The van der Waals surface area contributed by atoms with E-state index in [0.29, 0.717) is 22.7 Å². The van der Waals surface area contributed by atoms with Gasteiger partial charge in [-0.1, -0.05) is 13.0 Å². The fourth-order valence-electron chi connectivity index (χ4n) is 5.27. The molecule has 0 radical (unpaired) electrons. The summed E-state index contributed by atoms with van der Waals surface area (Å²) in [6.45, 7) is 8.05. The molecule has 3 heterocycles. The lowest BCUT2D eigenvalue weighted by molar-refractivity contribution is 0.0115. The molecule has 1 N–H and O–H groups in total. The maximum Gasteiger partial charge on any atom is 0.195 e. The van der Waals surface area contributed by atoms with Gasteiger partial charge in [-0.15, -0.1) is 0 Å². The number of fused-ring (bicyclic) bond motifs is 1. The topological polar surface area (TPSA) is 72.4 Å². The molecule has 0 unspecified atom stereocenters. The Morgan fingerprint density at radius 2 is 1.91 bits per heavy atom. The number of ether oxygens (including phenoxy) is 1. The van der Waals surface area contributed by atoms with Crippen LogP contribution in [0.4, 0.5) is 5.69 Å². The van der Waals surface area contributed by atoms with Crippen molar-refractivity contribution < 1.29 is 9.53 Å². The van der Waals surface area contributed by atoms with Crippen LogP contribution in [-0.4, -0.2) is 61.1 Å². The van der Waals surface area contributed by atoms with Crippen molar-refractivity contribution in [3.05, 3.63) is 64.8 Å². The number of rotatable bonds is 5. The van der Waals surface area contributed by atoms with Gasteiger partial charge in [0.25, 0.3) is 0 Å². The van der Waals surface area contributed by atoms with Crippen molar-refractivity contribution in [2.45, 2.75) is 32.2 Å². The van der Waals surface area contributed by atoms with Crippen molar-refractivity contribution in [1.82, 2.24) is 9.88 Å². The predicted octanol–water partition coefficient (Wildman–Crippen LogP) is 4.13. The van der Waals surface area contributed by atoms with Crippen molar-refractivity contribution in [3.8, 4) is 6.07 Å². The van der Waals surface area contributed by atoms with E-state index in [9.17, 15) is 4.79 Å². The van der Waals surface area contributed by atoms with E-state index in [1.54, 1.807) is 18.3 Å². The lowest BCUT2D eigenvalue weighted by atomic mass is 9.96. The third-order valence-electron chi connectivity index (χ3n) is 7.15. The predicted molar refractivity (Wildman–Crippen MR) is 130 cm³/mol. The van der Waals surface area contributed by atoms with Gasteiger partial charge in [0.05, 0.1) is 24.8 Å². The van der Waals surface area contributed by atoms with Crippen molar-refractivity contribution >= 4 is 22.4 Å². The fraction of sp³-hybridized carbons (Fsp3) is 0.407. The highest BCUT2D eigenvalue weighted by molar-refractivity contribution is 6.16. The number of ketones is 1. The minimum atomic E-state index is 0.0123. The number of carbonyl (C=O) groups excluding carboxylic acids is 1. The Hall–Kier alpha value is -3.14. The maximum absolute atomic E-state index is 13.3. The molecular weight excluding hydrogens is 412 g/mol. The first-order valence-electron chi connectivity index (χ1n) is 11.9. The molecule has 170 valence electrons. The molecule has 0 bridgehead atoms. The quantitative estimate of drug-likeness (QED) is 0.602. The molecule has 6 heteroatoms. The maximum atomic E-state index is 13.3. The molecule has 0 atom stereocenters. The number of H-pyrrole nitrogens is 1. The molecule has 2 fully saturated rings. The van der Waals surface area contributed by atoms with Gasteiger partial charge in [-0.2, -0.15) is 5.26 Å². The first kappa shape index (κ1) is 21.7. The number of nitrogens with zero attached hydrogens (tertiary/aromatic N) is 3. The van der Waals surface area contributed by atoms with Crippen LogP contribution in [0.5, 0.6) is 0 Å². The molecule has 5 rings (SSSR count). The van der Waals surface area contributed by atoms with Crippen LogP contribution >= 0.6 is 0 Å². The van der Waals surface area contributed by atoms with E-state index >= 15 is 0 Å². The van der Waals surface area contributed by atoms with Gasteiger partial charge in [0.15, 0.2) is 5.78 Å². The Labute approximate surface area is 194 Å². The average molecular weight is 443 g/mol. The number of hydrogen-bond acceptors (Lipinski definition) is 5. The summed E-state index contributed by atoms with van der Waals surface area (Å²) >= 11 is 0. The molecule has 0 amide bonds. The number of benzene rings is 2. The second kappa shape index (κ2) is 9.38. The summed E-state index contributed by atoms with van der Waals surface area (Å²) in [6.07, 6.45) is 4.98. The number of carbonyl (C=O) groups is 1. The summed E-state index contributed by atoms with van der Waals surface area (Å²) in [6, 6.07) is 14.4. The van der Waals surface area contributed by atoms with Gasteiger partial charge in [-0.3, -0.25) is 9.69 Å². The normalized spacial score (nSPS) is 17.9. The molecule has 33 heavy (non-hydrogen) atoms. The van der Waals surface area contributed by atoms with Crippen LogP contribution in [0.3, 0.4) is 0 Å². The summed E-state index contributed by atoms with van der Waals surface area (Å²) in [5.74, 6) is 0.0123.